The van der Waals surface area contributed by atoms with Crippen molar-refractivity contribution in [1.82, 2.24) is 0 Å². The van der Waals surface area contributed by atoms with Gasteiger partial charge in [0.2, 0.25) is 0 Å². The molecule has 0 spiro atoms. The summed E-state index contributed by atoms with van der Waals surface area (Å²) in [5.74, 6) is 2.06. The maximum Gasteiger partial charge on any atom is 0.138 e. The Labute approximate surface area is 136 Å². The zero-order valence-electron chi connectivity index (χ0n) is 13.2. The van der Waals surface area contributed by atoms with Gasteiger partial charge in [-0.25, -0.2) is 0 Å². The van der Waals surface area contributed by atoms with E-state index < -0.39 is 0 Å². The van der Waals surface area contributed by atoms with Crippen molar-refractivity contribution in [3.05, 3.63) is 72.3 Å². The van der Waals surface area contributed by atoms with Gasteiger partial charge in [-0.2, -0.15) is 0 Å². The van der Waals surface area contributed by atoms with Gasteiger partial charge in [0.25, 0.3) is 0 Å². The van der Waals surface area contributed by atoms with E-state index in [9.17, 15) is 0 Å². The third kappa shape index (κ3) is 3.34. The van der Waals surface area contributed by atoms with E-state index in [2.05, 4.69) is 30.1 Å². The largest absolute Gasteiger partial charge is 0.456 e. The van der Waals surface area contributed by atoms with E-state index in [1.54, 1.807) is 0 Å². The van der Waals surface area contributed by atoms with E-state index in [0.29, 0.717) is 12.4 Å². The fraction of sp³-hybridized carbons (Fsp3) is 0.150. The van der Waals surface area contributed by atoms with Gasteiger partial charge >= 0.3 is 0 Å². The lowest BCUT2D eigenvalue weighted by Crippen LogP contribution is -2.15. The lowest BCUT2D eigenvalue weighted by Gasteiger charge is -2.12. The van der Waals surface area contributed by atoms with Crippen LogP contribution in [0.15, 0.2) is 71.7 Å². The first-order chi connectivity index (χ1) is 11.3. The number of para-hydroxylation sites is 1. The summed E-state index contributed by atoms with van der Waals surface area (Å²) in [6.07, 6.45) is 0.965. The fourth-order valence-electron chi connectivity index (χ4n) is 2.49. The van der Waals surface area contributed by atoms with E-state index >= 15 is 0 Å². The Morgan fingerprint density at radius 3 is 2.48 bits per heavy atom. The van der Waals surface area contributed by atoms with Crippen LogP contribution >= 0.6 is 0 Å². The lowest BCUT2D eigenvalue weighted by atomic mass is 10.1. The second kappa shape index (κ2) is 6.97. The quantitative estimate of drug-likeness (QED) is 0.546. The predicted molar refractivity (Wildman–Crippen MR) is 96.3 cm³/mol. The average Bonchev–Trinajstić information content (AvgIpc) is 2.60. The van der Waals surface area contributed by atoms with Gasteiger partial charge in [-0.3, -0.25) is 4.99 Å². The van der Waals surface area contributed by atoms with Gasteiger partial charge in [0.05, 0.1) is 5.56 Å². The van der Waals surface area contributed by atoms with Crippen molar-refractivity contribution in [2.45, 2.75) is 13.3 Å². The summed E-state index contributed by atoms with van der Waals surface area (Å²) in [5, 5.41) is 2.23. The molecule has 23 heavy (non-hydrogen) atoms. The van der Waals surface area contributed by atoms with Crippen LogP contribution in [0.1, 0.15) is 18.9 Å². The second-order valence-corrected chi connectivity index (χ2v) is 5.34. The molecule has 0 atom stereocenters. The van der Waals surface area contributed by atoms with Gasteiger partial charge in [0, 0.05) is 11.9 Å². The second-order valence-electron chi connectivity index (χ2n) is 5.34. The van der Waals surface area contributed by atoms with Crippen LogP contribution in [0, 0.1) is 0 Å². The number of hydrogen-bond acceptors (Lipinski definition) is 2. The van der Waals surface area contributed by atoms with Crippen molar-refractivity contribution in [2.24, 2.45) is 10.7 Å². The first kappa shape index (κ1) is 15.1. The molecular formula is C20H20N2O. The molecule has 0 fully saturated rings. The molecule has 0 amide bonds. The standard InChI is InChI=1S/C20H20N2O/c1-2-14-22-20(21)17-11-5-6-12-19(17)23-18-13-7-9-15-8-3-4-10-16(15)18/h3-13H,2,14H2,1H3,(H2,21,22). The van der Waals surface area contributed by atoms with Gasteiger partial charge < -0.3 is 10.5 Å². The Balaban J connectivity index is 2.00. The Kier molecular flexibility index (Phi) is 4.57. The summed E-state index contributed by atoms with van der Waals surface area (Å²) >= 11 is 0. The molecular weight excluding hydrogens is 284 g/mol. The van der Waals surface area contributed by atoms with Crippen LogP contribution in [-0.4, -0.2) is 12.4 Å². The number of ether oxygens (including phenoxy) is 1. The van der Waals surface area contributed by atoms with Crippen LogP contribution in [0.3, 0.4) is 0 Å². The van der Waals surface area contributed by atoms with Crippen LogP contribution in [0.4, 0.5) is 0 Å². The van der Waals surface area contributed by atoms with Crippen LogP contribution in [-0.2, 0) is 0 Å². The fourth-order valence-corrected chi connectivity index (χ4v) is 2.49. The Morgan fingerprint density at radius 2 is 1.61 bits per heavy atom. The molecule has 0 aliphatic heterocycles. The van der Waals surface area contributed by atoms with Crippen molar-refractivity contribution in [3.8, 4) is 11.5 Å². The number of benzene rings is 3. The number of fused-ring (bicyclic) bond motifs is 1. The van der Waals surface area contributed by atoms with E-state index in [4.69, 9.17) is 10.5 Å². The van der Waals surface area contributed by atoms with Crippen molar-refractivity contribution in [2.75, 3.05) is 6.54 Å². The predicted octanol–water partition coefficient (Wildman–Crippen LogP) is 4.75. The van der Waals surface area contributed by atoms with Crippen molar-refractivity contribution >= 4 is 16.6 Å². The first-order valence-electron chi connectivity index (χ1n) is 7.84. The summed E-state index contributed by atoms with van der Waals surface area (Å²) < 4.78 is 6.16. The zero-order valence-corrected chi connectivity index (χ0v) is 13.2. The minimum absolute atomic E-state index is 0.516. The highest BCUT2D eigenvalue weighted by Crippen LogP contribution is 2.31. The van der Waals surface area contributed by atoms with Gasteiger partial charge in [0.1, 0.15) is 17.3 Å². The highest BCUT2D eigenvalue weighted by molar-refractivity contribution is 6.00. The molecule has 0 unspecified atom stereocenters. The van der Waals surface area contributed by atoms with Crippen LogP contribution in [0.2, 0.25) is 0 Å². The number of aliphatic imine (C=N–C) groups is 1. The van der Waals surface area contributed by atoms with Crippen molar-refractivity contribution in [3.63, 3.8) is 0 Å². The van der Waals surface area contributed by atoms with E-state index in [1.807, 2.05) is 48.5 Å². The first-order valence-corrected chi connectivity index (χ1v) is 7.84. The summed E-state index contributed by atoms with van der Waals surface area (Å²) in [7, 11) is 0. The number of amidine groups is 1. The summed E-state index contributed by atoms with van der Waals surface area (Å²) in [4.78, 5) is 4.39. The number of hydrogen-bond donors (Lipinski definition) is 1. The van der Waals surface area contributed by atoms with E-state index in [1.165, 1.54) is 0 Å². The molecule has 0 aliphatic rings. The third-order valence-electron chi connectivity index (χ3n) is 3.64. The molecule has 0 radical (unpaired) electrons. The number of nitrogens with two attached hydrogens (primary N) is 1. The molecule has 3 nitrogen and oxygen atoms in total. The molecule has 0 saturated heterocycles. The highest BCUT2D eigenvalue weighted by atomic mass is 16.5. The lowest BCUT2D eigenvalue weighted by molar-refractivity contribution is 0.487. The van der Waals surface area contributed by atoms with Crippen LogP contribution < -0.4 is 10.5 Å². The Morgan fingerprint density at radius 1 is 0.913 bits per heavy atom. The van der Waals surface area contributed by atoms with Crippen molar-refractivity contribution < 1.29 is 4.74 Å². The van der Waals surface area contributed by atoms with Crippen molar-refractivity contribution in [1.29, 1.82) is 0 Å². The maximum absolute atomic E-state index is 6.16. The SMILES string of the molecule is CCCN=C(N)c1ccccc1Oc1cccc2ccccc12. The van der Waals surface area contributed by atoms with Crippen LogP contribution in [0.5, 0.6) is 11.5 Å². The van der Waals surface area contributed by atoms with Gasteiger partial charge in [-0.05, 0) is 30.0 Å². The normalized spacial score (nSPS) is 11.6. The van der Waals surface area contributed by atoms with Gasteiger partial charge in [0.15, 0.2) is 0 Å². The third-order valence-corrected chi connectivity index (χ3v) is 3.64. The summed E-state index contributed by atoms with van der Waals surface area (Å²) in [6.45, 7) is 2.80. The maximum atomic E-state index is 6.16. The van der Waals surface area contributed by atoms with Crippen LogP contribution in [0.25, 0.3) is 10.8 Å². The Hall–Kier alpha value is -2.81. The van der Waals surface area contributed by atoms with Gasteiger partial charge in [-0.1, -0.05) is 55.5 Å². The zero-order chi connectivity index (χ0) is 16.1. The minimum atomic E-state index is 0.516. The van der Waals surface area contributed by atoms with E-state index in [0.717, 1.165) is 34.3 Å². The molecule has 3 aromatic carbocycles. The number of rotatable bonds is 5. The summed E-state index contributed by atoms with van der Waals surface area (Å²) in [5.41, 5.74) is 6.95. The molecule has 3 aromatic rings. The molecule has 0 heterocycles. The molecule has 0 saturated carbocycles. The molecule has 0 aliphatic carbocycles. The topological polar surface area (TPSA) is 47.6 Å². The monoisotopic (exact) mass is 304 g/mol. The molecule has 0 bridgehead atoms. The molecule has 2 N–H and O–H groups in total. The highest BCUT2D eigenvalue weighted by Gasteiger charge is 2.09. The van der Waals surface area contributed by atoms with Gasteiger partial charge in [-0.15, -0.1) is 0 Å². The average molecular weight is 304 g/mol. The smallest absolute Gasteiger partial charge is 0.138 e. The Bertz CT molecular complexity index is 834. The minimum Gasteiger partial charge on any atom is -0.456 e. The van der Waals surface area contributed by atoms with E-state index in [-0.39, 0.29) is 0 Å². The molecule has 3 heteroatoms. The molecule has 3 rings (SSSR count). The summed E-state index contributed by atoms with van der Waals surface area (Å²) in [6, 6.07) is 22.0. The molecule has 116 valence electrons. The molecule has 0 aromatic heterocycles. The number of nitrogens with zero attached hydrogens (tertiary/aromatic N) is 1.